The van der Waals surface area contributed by atoms with Crippen molar-refractivity contribution in [3.63, 3.8) is 0 Å². The first-order chi connectivity index (χ1) is 19.7. The van der Waals surface area contributed by atoms with Crippen molar-refractivity contribution in [2.24, 2.45) is 13.0 Å². The Labute approximate surface area is 247 Å². The summed E-state index contributed by atoms with van der Waals surface area (Å²) in [7, 11) is 2.15. The van der Waals surface area contributed by atoms with Crippen LogP contribution < -0.4 is 4.74 Å². The van der Waals surface area contributed by atoms with Gasteiger partial charge in [0.05, 0.1) is 27.5 Å². The maximum Gasteiger partial charge on any atom is 0.309 e. The molecule has 0 N–H and O–H groups in total. The van der Waals surface area contributed by atoms with Crippen LogP contribution in [0.4, 0.5) is 0 Å². The van der Waals surface area contributed by atoms with Crippen LogP contribution in [0, 0.1) is 5.92 Å². The zero-order valence-corrected chi connectivity index (χ0v) is 25.6. The van der Waals surface area contributed by atoms with E-state index in [1.807, 2.05) is 20.8 Å². The van der Waals surface area contributed by atoms with Crippen molar-refractivity contribution in [1.82, 2.24) is 19.0 Å². The summed E-state index contributed by atoms with van der Waals surface area (Å²) in [6.45, 7) is 8.89. The number of thiophene rings is 1. The van der Waals surface area contributed by atoms with Crippen LogP contribution in [0.15, 0.2) is 48.0 Å². The molecule has 1 saturated carbocycles. The number of nitrogens with zero attached hydrogens (tertiary/aromatic N) is 4. The van der Waals surface area contributed by atoms with Gasteiger partial charge in [-0.25, -0.2) is 4.98 Å². The van der Waals surface area contributed by atoms with E-state index in [0.717, 1.165) is 50.5 Å². The molecule has 218 valence electrons. The molecule has 6 rings (SSSR count). The lowest BCUT2D eigenvalue weighted by molar-refractivity contribution is -0.161. The molecule has 4 heterocycles. The molecule has 0 radical (unpaired) electrons. The van der Waals surface area contributed by atoms with Gasteiger partial charge in [0.15, 0.2) is 5.82 Å². The molecular formula is C33H42N4O3S. The van der Waals surface area contributed by atoms with Gasteiger partial charge in [-0.15, -0.1) is 11.3 Å². The highest BCUT2D eigenvalue weighted by atomic mass is 32.1. The van der Waals surface area contributed by atoms with Gasteiger partial charge in [-0.1, -0.05) is 18.6 Å². The lowest BCUT2D eigenvalue weighted by Gasteiger charge is -2.32. The van der Waals surface area contributed by atoms with Crippen molar-refractivity contribution >= 4 is 27.5 Å². The minimum atomic E-state index is -0.428. The SMILES string of the molecule is Cn1c(-c2nc(C3CCC3)cn2CCc2ccc(OCN3CCC(C(=O)OC(C)(C)C)CC3)cc2)cc2sccc21. The highest BCUT2D eigenvalue weighted by molar-refractivity contribution is 7.17. The number of aryl methyl sites for hydroxylation is 3. The van der Waals surface area contributed by atoms with Crippen LogP contribution in [0.3, 0.4) is 0 Å². The first-order valence-electron chi connectivity index (χ1n) is 15.0. The van der Waals surface area contributed by atoms with Gasteiger partial charge >= 0.3 is 5.97 Å². The number of fused-ring (bicyclic) bond motifs is 1. The average molecular weight is 575 g/mol. The third-order valence-corrected chi connectivity index (χ3v) is 9.37. The fourth-order valence-corrected chi connectivity index (χ4v) is 6.68. The summed E-state index contributed by atoms with van der Waals surface area (Å²) in [5.41, 5.74) is 4.56. The van der Waals surface area contributed by atoms with Crippen molar-refractivity contribution < 1.29 is 14.3 Å². The van der Waals surface area contributed by atoms with E-state index < -0.39 is 5.60 Å². The summed E-state index contributed by atoms with van der Waals surface area (Å²) in [5.74, 6) is 2.48. The number of piperidine rings is 1. The van der Waals surface area contributed by atoms with Crippen LogP contribution in [0.25, 0.3) is 21.7 Å². The molecule has 1 aromatic carbocycles. The third kappa shape index (κ3) is 6.38. The maximum absolute atomic E-state index is 12.4. The summed E-state index contributed by atoms with van der Waals surface area (Å²) >= 11 is 1.79. The van der Waals surface area contributed by atoms with Gasteiger partial charge in [-0.2, -0.15) is 0 Å². The number of aromatic nitrogens is 3. The number of ether oxygens (including phenoxy) is 2. The van der Waals surface area contributed by atoms with Gasteiger partial charge in [-0.05, 0) is 88.1 Å². The van der Waals surface area contributed by atoms with E-state index in [9.17, 15) is 4.79 Å². The second-order valence-corrected chi connectivity index (χ2v) is 13.6. The quantitative estimate of drug-likeness (QED) is 0.201. The Bertz CT molecular complexity index is 1480. The molecule has 0 atom stereocenters. The third-order valence-electron chi connectivity index (χ3n) is 8.52. The van der Waals surface area contributed by atoms with Crippen molar-refractivity contribution in [3.8, 4) is 17.3 Å². The lowest BCUT2D eigenvalue weighted by atomic mass is 9.83. The number of rotatable bonds is 9. The molecule has 0 unspecified atom stereocenters. The van der Waals surface area contributed by atoms with E-state index in [2.05, 4.69) is 69.1 Å². The van der Waals surface area contributed by atoms with Crippen molar-refractivity contribution in [2.75, 3.05) is 19.8 Å². The Kier molecular flexibility index (Phi) is 7.97. The van der Waals surface area contributed by atoms with Gasteiger partial charge in [0.1, 0.15) is 18.1 Å². The monoisotopic (exact) mass is 574 g/mol. The van der Waals surface area contributed by atoms with E-state index in [4.69, 9.17) is 14.5 Å². The van der Waals surface area contributed by atoms with E-state index in [1.165, 1.54) is 46.4 Å². The topological polar surface area (TPSA) is 61.5 Å². The molecule has 3 aromatic heterocycles. The molecule has 2 fully saturated rings. The molecule has 4 aromatic rings. The van der Waals surface area contributed by atoms with Crippen LogP contribution in [-0.2, 0) is 29.5 Å². The van der Waals surface area contributed by atoms with Crippen LogP contribution >= 0.6 is 11.3 Å². The smallest absolute Gasteiger partial charge is 0.309 e. The zero-order chi connectivity index (χ0) is 28.6. The second-order valence-electron chi connectivity index (χ2n) is 12.7. The van der Waals surface area contributed by atoms with Crippen LogP contribution in [0.2, 0.25) is 0 Å². The second kappa shape index (κ2) is 11.6. The summed E-state index contributed by atoms with van der Waals surface area (Å²) in [4.78, 5) is 19.8. The van der Waals surface area contributed by atoms with Crippen LogP contribution in [-0.4, -0.2) is 50.4 Å². The summed E-state index contributed by atoms with van der Waals surface area (Å²) < 4.78 is 17.6. The lowest BCUT2D eigenvalue weighted by Crippen LogP contribution is -2.40. The molecule has 8 heteroatoms. The number of hydrogen-bond acceptors (Lipinski definition) is 6. The molecular weight excluding hydrogens is 532 g/mol. The molecule has 0 amide bonds. The summed E-state index contributed by atoms with van der Waals surface area (Å²) in [6.07, 6.45) is 8.68. The number of esters is 1. The average Bonchev–Trinajstić information content (AvgIpc) is 3.61. The molecule has 41 heavy (non-hydrogen) atoms. The Morgan fingerprint density at radius 3 is 2.49 bits per heavy atom. The Morgan fingerprint density at radius 2 is 1.83 bits per heavy atom. The highest BCUT2D eigenvalue weighted by Crippen LogP contribution is 2.38. The van der Waals surface area contributed by atoms with Gasteiger partial charge in [0.2, 0.25) is 0 Å². The number of benzene rings is 1. The normalized spacial score (nSPS) is 17.2. The Balaban J connectivity index is 1.04. The van der Waals surface area contributed by atoms with Crippen molar-refractivity contribution in [1.29, 1.82) is 0 Å². The van der Waals surface area contributed by atoms with E-state index in [0.29, 0.717) is 12.6 Å². The van der Waals surface area contributed by atoms with Crippen LogP contribution in [0.1, 0.15) is 70.1 Å². The van der Waals surface area contributed by atoms with Crippen molar-refractivity contribution in [3.05, 3.63) is 59.2 Å². The molecule has 1 aliphatic heterocycles. The van der Waals surface area contributed by atoms with E-state index in [-0.39, 0.29) is 11.9 Å². The molecule has 2 aliphatic rings. The first kappa shape index (κ1) is 28.0. The number of carbonyl (C=O) groups is 1. The zero-order valence-electron chi connectivity index (χ0n) is 24.8. The minimum absolute atomic E-state index is 0.0104. The molecule has 0 spiro atoms. The van der Waals surface area contributed by atoms with Gasteiger partial charge in [-0.3, -0.25) is 9.69 Å². The van der Waals surface area contributed by atoms with Crippen LogP contribution in [0.5, 0.6) is 5.75 Å². The van der Waals surface area contributed by atoms with Crippen molar-refractivity contribution in [2.45, 2.75) is 77.4 Å². The fraction of sp³-hybridized carbons (Fsp3) is 0.515. The molecule has 1 aliphatic carbocycles. The molecule has 0 bridgehead atoms. The summed E-state index contributed by atoms with van der Waals surface area (Å²) in [5, 5.41) is 2.16. The highest BCUT2D eigenvalue weighted by Gasteiger charge is 2.29. The van der Waals surface area contributed by atoms with E-state index in [1.54, 1.807) is 11.3 Å². The van der Waals surface area contributed by atoms with Gasteiger partial charge in [0, 0.05) is 38.8 Å². The van der Waals surface area contributed by atoms with Gasteiger partial charge in [0.25, 0.3) is 0 Å². The Morgan fingerprint density at radius 1 is 1.07 bits per heavy atom. The largest absolute Gasteiger partial charge is 0.478 e. The number of likely N-dealkylation sites (tertiary alicyclic amines) is 1. The first-order valence-corrected chi connectivity index (χ1v) is 15.9. The molecule has 1 saturated heterocycles. The predicted molar refractivity (Wildman–Crippen MR) is 164 cm³/mol. The fourth-order valence-electron chi connectivity index (χ4n) is 5.83. The number of imidazole rings is 1. The summed E-state index contributed by atoms with van der Waals surface area (Å²) in [6, 6.07) is 13.0. The number of carbonyl (C=O) groups excluding carboxylic acids is 1. The molecule has 7 nitrogen and oxygen atoms in total. The van der Waals surface area contributed by atoms with Gasteiger partial charge < -0.3 is 18.6 Å². The minimum Gasteiger partial charge on any atom is -0.478 e. The number of hydrogen-bond donors (Lipinski definition) is 0. The Hall–Kier alpha value is -3.10. The maximum atomic E-state index is 12.4. The predicted octanol–water partition coefficient (Wildman–Crippen LogP) is 7.00. The standard InChI is InChI=1S/C33H42N4O3S/c1-33(2,3)40-32(38)25-13-16-36(17-14-25)22-39-26-10-8-23(9-11-26)12-18-37-21-27(24-6-5-7-24)34-31(37)29-20-30-28(35(29)4)15-19-41-30/h8-11,15,19-21,24-25H,5-7,12-14,16-18,22H2,1-4H3. The van der Waals surface area contributed by atoms with E-state index >= 15 is 0 Å².